The largest absolute Gasteiger partial charge is 0.462 e. The molecule has 8 atom stereocenters. The van der Waals surface area contributed by atoms with E-state index in [4.69, 9.17) is 14.2 Å². The molecule has 21 heavy (non-hydrogen) atoms. The van der Waals surface area contributed by atoms with Gasteiger partial charge in [-0.25, -0.2) is 0 Å². The molecule has 1 N–H and O–H groups in total. The van der Waals surface area contributed by atoms with Gasteiger partial charge in [-0.2, -0.15) is 0 Å². The Labute approximate surface area is 122 Å². The lowest BCUT2D eigenvalue weighted by Gasteiger charge is -2.26. The molecule has 0 aromatic heterocycles. The van der Waals surface area contributed by atoms with Crippen molar-refractivity contribution in [2.75, 3.05) is 0 Å². The van der Waals surface area contributed by atoms with Gasteiger partial charge < -0.3 is 19.3 Å². The predicted molar refractivity (Wildman–Crippen MR) is 69.0 cm³/mol. The fourth-order valence-corrected chi connectivity index (χ4v) is 4.37. The molecule has 0 aromatic rings. The average Bonchev–Trinajstić information content (AvgIpc) is 2.83. The Balaban J connectivity index is 1.68. The van der Waals surface area contributed by atoms with Crippen molar-refractivity contribution in [3.63, 3.8) is 0 Å². The van der Waals surface area contributed by atoms with Crippen molar-refractivity contribution in [1.82, 2.24) is 0 Å². The lowest BCUT2D eigenvalue weighted by Crippen LogP contribution is -2.36. The van der Waals surface area contributed by atoms with Gasteiger partial charge in [0.1, 0.15) is 18.3 Å². The minimum Gasteiger partial charge on any atom is -0.462 e. The van der Waals surface area contributed by atoms with Gasteiger partial charge in [-0.3, -0.25) is 9.59 Å². The number of aliphatic hydroxyl groups excluding tert-OH is 1. The average molecular weight is 296 g/mol. The molecule has 2 bridgehead atoms. The second kappa shape index (κ2) is 4.20. The third-order valence-electron chi connectivity index (χ3n) is 5.62. The number of esters is 2. The van der Waals surface area contributed by atoms with Gasteiger partial charge >= 0.3 is 11.9 Å². The third kappa shape index (κ3) is 1.92. The summed E-state index contributed by atoms with van der Waals surface area (Å²) < 4.78 is 16.7. The van der Waals surface area contributed by atoms with Crippen LogP contribution in [0.15, 0.2) is 0 Å². The summed E-state index contributed by atoms with van der Waals surface area (Å²) in [6, 6.07) is 0. The number of aliphatic hydroxyl groups is 1. The minimum absolute atomic E-state index is 0.108. The highest BCUT2D eigenvalue weighted by Crippen LogP contribution is 2.50. The van der Waals surface area contributed by atoms with E-state index in [1.165, 1.54) is 0 Å². The fourth-order valence-electron chi connectivity index (χ4n) is 4.37. The van der Waals surface area contributed by atoms with Gasteiger partial charge in [0.25, 0.3) is 0 Å². The molecule has 3 saturated heterocycles. The van der Waals surface area contributed by atoms with E-state index < -0.39 is 11.7 Å². The van der Waals surface area contributed by atoms with Gasteiger partial charge in [-0.15, -0.1) is 0 Å². The van der Waals surface area contributed by atoms with E-state index in [1.54, 1.807) is 0 Å². The van der Waals surface area contributed by atoms with Gasteiger partial charge in [0, 0.05) is 12.3 Å². The van der Waals surface area contributed by atoms with E-state index in [-0.39, 0.29) is 48.0 Å². The molecular weight excluding hydrogens is 276 g/mol. The lowest BCUT2D eigenvalue weighted by molar-refractivity contribution is -0.147. The summed E-state index contributed by atoms with van der Waals surface area (Å²) in [7, 11) is 0. The van der Waals surface area contributed by atoms with Gasteiger partial charge in [0.05, 0.1) is 23.5 Å². The van der Waals surface area contributed by atoms with Crippen molar-refractivity contribution in [3.8, 4) is 0 Å². The summed E-state index contributed by atoms with van der Waals surface area (Å²) in [6.07, 6.45) is -0.0641. The molecule has 1 aliphatic carbocycles. The van der Waals surface area contributed by atoms with Crippen molar-refractivity contribution in [3.05, 3.63) is 0 Å². The number of epoxide rings is 1. The first kappa shape index (κ1) is 13.5. The van der Waals surface area contributed by atoms with E-state index in [1.807, 2.05) is 13.8 Å². The van der Waals surface area contributed by atoms with Crippen LogP contribution in [0.2, 0.25) is 0 Å². The fraction of sp³-hybridized carbons (Fsp3) is 0.867. The molecule has 0 amide bonds. The van der Waals surface area contributed by atoms with Gasteiger partial charge in [0.2, 0.25) is 0 Å². The second-order valence-corrected chi connectivity index (χ2v) is 7.11. The Morgan fingerprint density at radius 2 is 1.86 bits per heavy atom. The Morgan fingerprint density at radius 3 is 2.62 bits per heavy atom. The van der Waals surface area contributed by atoms with Crippen molar-refractivity contribution >= 4 is 11.9 Å². The van der Waals surface area contributed by atoms with Crippen molar-refractivity contribution in [1.29, 1.82) is 0 Å². The molecule has 4 fully saturated rings. The number of rotatable bonds is 0. The molecular formula is C15H20O6. The summed E-state index contributed by atoms with van der Waals surface area (Å²) in [4.78, 5) is 23.9. The van der Waals surface area contributed by atoms with Crippen LogP contribution in [-0.4, -0.2) is 47.1 Å². The number of hydrogen-bond donors (Lipinski definition) is 1. The molecule has 0 aromatic carbocycles. The Kier molecular flexibility index (Phi) is 2.70. The zero-order valence-corrected chi connectivity index (χ0v) is 12.2. The third-order valence-corrected chi connectivity index (χ3v) is 5.62. The number of carbonyl (C=O) groups is 2. The maximum Gasteiger partial charge on any atom is 0.309 e. The number of hydrogen-bond acceptors (Lipinski definition) is 6. The van der Waals surface area contributed by atoms with E-state index >= 15 is 0 Å². The zero-order valence-electron chi connectivity index (χ0n) is 12.2. The highest BCUT2D eigenvalue weighted by Gasteiger charge is 2.62. The van der Waals surface area contributed by atoms with Crippen LogP contribution in [0.1, 0.15) is 33.1 Å². The van der Waals surface area contributed by atoms with E-state index in [2.05, 4.69) is 0 Å². The Hall–Kier alpha value is -1.14. The van der Waals surface area contributed by atoms with Crippen molar-refractivity contribution in [2.24, 2.45) is 17.8 Å². The summed E-state index contributed by atoms with van der Waals surface area (Å²) in [5, 5.41) is 10.2. The first-order valence-electron chi connectivity index (χ1n) is 7.66. The van der Waals surface area contributed by atoms with Crippen LogP contribution in [0.25, 0.3) is 0 Å². The molecule has 116 valence electrons. The van der Waals surface area contributed by atoms with Crippen LogP contribution < -0.4 is 0 Å². The maximum atomic E-state index is 12.0. The normalized spacial score (nSPS) is 55.3. The molecule has 3 aliphatic heterocycles. The number of fused-ring (bicyclic) bond motifs is 5. The second-order valence-electron chi connectivity index (χ2n) is 7.11. The molecule has 4 aliphatic rings. The highest BCUT2D eigenvalue weighted by atomic mass is 16.6. The molecule has 1 saturated carbocycles. The van der Waals surface area contributed by atoms with Crippen LogP contribution in [0, 0.1) is 17.8 Å². The maximum absolute atomic E-state index is 12.0. The summed E-state index contributed by atoms with van der Waals surface area (Å²) in [6.45, 7) is 3.77. The SMILES string of the molecule is C[C@@H]1C(=O)O[C@@H]2C[C@@]3(C)O[C@H]3[C@H](O)C[C@H]3C[C@H](OC3=O)[C@@H]12. The molecule has 4 rings (SSSR count). The molecule has 0 unspecified atom stereocenters. The van der Waals surface area contributed by atoms with Crippen LogP contribution in [-0.2, 0) is 23.8 Å². The van der Waals surface area contributed by atoms with Gasteiger partial charge in [-0.1, -0.05) is 6.92 Å². The quantitative estimate of drug-likeness (QED) is 0.515. The monoisotopic (exact) mass is 296 g/mol. The number of carbonyl (C=O) groups excluding carboxylic acids is 2. The summed E-state index contributed by atoms with van der Waals surface area (Å²) in [5.74, 6) is -1.18. The minimum atomic E-state index is -0.669. The Morgan fingerprint density at radius 1 is 1.14 bits per heavy atom. The smallest absolute Gasteiger partial charge is 0.309 e. The lowest BCUT2D eigenvalue weighted by atomic mass is 9.78. The van der Waals surface area contributed by atoms with E-state index in [0.29, 0.717) is 19.3 Å². The zero-order chi connectivity index (χ0) is 14.9. The molecule has 6 nitrogen and oxygen atoms in total. The Bertz CT molecular complexity index is 504. The topological polar surface area (TPSA) is 85.4 Å². The number of ether oxygens (including phenoxy) is 3. The standard InChI is InChI=1S/C15H20O6/c1-6-11-9-4-7(14(18)19-9)3-8(16)12-15(2,21-12)5-10(11)20-13(6)17/h6-12,16H,3-5H2,1-2H3/t6-,7-,8+,9-,10+,11+,12-,15+/m0/s1. The molecule has 3 heterocycles. The molecule has 6 heteroatoms. The van der Waals surface area contributed by atoms with Crippen molar-refractivity contribution in [2.45, 2.75) is 63.1 Å². The molecule has 0 radical (unpaired) electrons. The first-order chi connectivity index (χ1) is 9.89. The van der Waals surface area contributed by atoms with E-state index in [9.17, 15) is 14.7 Å². The van der Waals surface area contributed by atoms with Crippen LogP contribution in [0.4, 0.5) is 0 Å². The summed E-state index contributed by atoms with van der Waals surface area (Å²) in [5.41, 5.74) is -0.466. The van der Waals surface area contributed by atoms with Gasteiger partial charge in [0.15, 0.2) is 0 Å². The highest BCUT2D eigenvalue weighted by molar-refractivity contribution is 5.77. The first-order valence-corrected chi connectivity index (χ1v) is 7.66. The van der Waals surface area contributed by atoms with Crippen LogP contribution in [0.5, 0.6) is 0 Å². The van der Waals surface area contributed by atoms with Crippen LogP contribution >= 0.6 is 0 Å². The summed E-state index contributed by atoms with van der Waals surface area (Å²) >= 11 is 0. The van der Waals surface area contributed by atoms with Crippen molar-refractivity contribution < 1.29 is 28.9 Å². The predicted octanol–water partition coefficient (Wildman–Crippen LogP) is 0.408. The molecule has 0 spiro atoms. The van der Waals surface area contributed by atoms with Gasteiger partial charge in [-0.05, 0) is 19.8 Å². The van der Waals surface area contributed by atoms with Crippen LogP contribution in [0.3, 0.4) is 0 Å². The van der Waals surface area contributed by atoms with E-state index in [0.717, 1.165) is 0 Å².